The Morgan fingerprint density at radius 2 is 1.89 bits per heavy atom. The lowest BCUT2D eigenvalue weighted by Gasteiger charge is -2.29. The second-order valence-corrected chi connectivity index (χ2v) is 8.95. The Morgan fingerprint density at radius 1 is 1.22 bits per heavy atom. The van der Waals surface area contributed by atoms with Gasteiger partial charge in [0.25, 0.3) is 5.91 Å². The summed E-state index contributed by atoms with van der Waals surface area (Å²) in [7, 11) is -3.22. The number of esters is 1. The minimum absolute atomic E-state index is 0.0565. The third-order valence-electron chi connectivity index (χ3n) is 4.90. The van der Waals surface area contributed by atoms with Crippen LogP contribution in [0.25, 0.3) is 0 Å². The van der Waals surface area contributed by atoms with Crippen molar-refractivity contribution in [3.05, 3.63) is 29.3 Å². The van der Waals surface area contributed by atoms with E-state index in [1.807, 2.05) is 32.0 Å². The topological polar surface area (TPSA) is 92.8 Å². The smallest absolute Gasteiger partial charge is 0.309 e. The Balaban J connectivity index is 1.84. The van der Waals surface area contributed by atoms with Crippen molar-refractivity contribution in [2.24, 2.45) is 5.92 Å². The molecule has 1 aromatic rings. The number of para-hydroxylation sites is 1. The third kappa shape index (κ3) is 5.52. The van der Waals surface area contributed by atoms with E-state index in [1.54, 1.807) is 6.92 Å². The van der Waals surface area contributed by atoms with Crippen LogP contribution in [0.2, 0.25) is 0 Å². The zero-order valence-corrected chi connectivity index (χ0v) is 17.0. The van der Waals surface area contributed by atoms with Gasteiger partial charge in [-0.05, 0) is 44.2 Å². The summed E-state index contributed by atoms with van der Waals surface area (Å²) < 4.78 is 30.3. The lowest BCUT2D eigenvalue weighted by atomic mass is 9.98. The molecule has 1 aromatic carbocycles. The molecule has 1 aliphatic heterocycles. The standard InChI is InChI=1S/C19H28N2O5S/c1-4-15-8-6-7-14(3)18(15)20-17(22)13-26-19(23)16-9-11-21(12-10-16)27(24,25)5-2/h6-8,16H,4-5,9-13H2,1-3H3,(H,20,22). The highest BCUT2D eigenvalue weighted by Crippen LogP contribution is 2.22. The molecule has 2 rings (SSSR count). The monoisotopic (exact) mass is 396 g/mol. The van der Waals surface area contributed by atoms with Crippen molar-refractivity contribution in [1.29, 1.82) is 0 Å². The predicted molar refractivity (Wildman–Crippen MR) is 104 cm³/mol. The number of nitrogens with one attached hydrogen (secondary N) is 1. The number of aryl methyl sites for hydroxylation is 2. The van der Waals surface area contributed by atoms with Gasteiger partial charge < -0.3 is 10.1 Å². The molecule has 1 fully saturated rings. The van der Waals surface area contributed by atoms with Crippen LogP contribution < -0.4 is 5.32 Å². The number of ether oxygens (including phenoxy) is 1. The van der Waals surface area contributed by atoms with Gasteiger partial charge in [-0.3, -0.25) is 9.59 Å². The summed E-state index contributed by atoms with van der Waals surface area (Å²) in [5, 5.41) is 2.82. The highest BCUT2D eigenvalue weighted by atomic mass is 32.2. The fourth-order valence-corrected chi connectivity index (χ4v) is 4.32. The number of amides is 1. The Hall–Kier alpha value is -1.93. The quantitative estimate of drug-likeness (QED) is 0.713. The zero-order chi connectivity index (χ0) is 20.0. The lowest BCUT2D eigenvalue weighted by molar-refractivity contribution is -0.152. The van der Waals surface area contributed by atoms with E-state index in [4.69, 9.17) is 4.74 Å². The molecule has 8 heteroatoms. The molecule has 0 saturated carbocycles. The second-order valence-electron chi connectivity index (χ2n) is 6.69. The van der Waals surface area contributed by atoms with Gasteiger partial charge >= 0.3 is 5.97 Å². The zero-order valence-electron chi connectivity index (χ0n) is 16.2. The summed E-state index contributed by atoms with van der Waals surface area (Å²) in [5.41, 5.74) is 2.75. The average molecular weight is 397 g/mol. The molecule has 1 heterocycles. The molecule has 1 N–H and O–H groups in total. The van der Waals surface area contributed by atoms with Crippen LogP contribution in [0, 0.1) is 12.8 Å². The maximum Gasteiger partial charge on any atom is 0.309 e. The van der Waals surface area contributed by atoms with Gasteiger partial charge in [-0.1, -0.05) is 25.1 Å². The van der Waals surface area contributed by atoms with Gasteiger partial charge in [0.15, 0.2) is 6.61 Å². The van der Waals surface area contributed by atoms with E-state index < -0.39 is 16.0 Å². The van der Waals surface area contributed by atoms with Crippen LogP contribution in [-0.2, 0) is 30.8 Å². The summed E-state index contributed by atoms with van der Waals surface area (Å²) in [6.45, 7) is 5.81. The fourth-order valence-electron chi connectivity index (χ4n) is 3.18. The predicted octanol–water partition coefficient (Wildman–Crippen LogP) is 2.10. The molecule has 0 spiro atoms. The van der Waals surface area contributed by atoms with Crippen molar-refractivity contribution in [2.75, 3.05) is 30.8 Å². The number of nitrogens with zero attached hydrogens (tertiary/aromatic N) is 1. The molecule has 1 amide bonds. The van der Waals surface area contributed by atoms with Gasteiger partial charge in [-0.25, -0.2) is 12.7 Å². The fraction of sp³-hybridized carbons (Fsp3) is 0.579. The summed E-state index contributed by atoms with van der Waals surface area (Å²) in [6.07, 6.45) is 1.62. The number of piperidine rings is 1. The normalized spacial score (nSPS) is 16.1. The van der Waals surface area contributed by atoms with Crippen molar-refractivity contribution in [2.45, 2.75) is 40.0 Å². The minimum Gasteiger partial charge on any atom is -0.455 e. The van der Waals surface area contributed by atoms with E-state index >= 15 is 0 Å². The molecule has 7 nitrogen and oxygen atoms in total. The molecule has 27 heavy (non-hydrogen) atoms. The van der Waals surface area contributed by atoms with Crippen LogP contribution in [0.4, 0.5) is 5.69 Å². The number of hydrogen-bond donors (Lipinski definition) is 1. The molecular formula is C19H28N2O5S. The molecular weight excluding hydrogens is 368 g/mol. The minimum atomic E-state index is -3.22. The Labute approximate surface area is 161 Å². The van der Waals surface area contributed by atoms with Crippen LogP contribution in [0.5, 0.6) is 0 Å². The van der Waals surface area contributed by atoms with Gasteiger partial charge in [0, 0.05) is 18.8 Å². The van der Waals surface area contributed by atoms with Crippen LogP contribution in [0.3, 0.4) is 0 Å². The first kappa shape index (κ1) is 21.4. The number of anilines is 1. The van der Waals surface area contributed by atoms with Gasteiger partial charge in [-0.15, -0.1) is 0 Å². The van der Waals surface area contributed by atoms with Gasteiger partial charge in [0.1, 0.15) is 0 Å². The number of benzene rings is 1. The Kier molecular flexibility index (Phi) is 7.38. The third-order valence-corrected chi connectivity index (χ3v) is 6.78. The van der Waals surface area contributed by atoms with E-state index in [1.165, 1.54) is 4.31 Å². The van der Waals surface area contributed by atoms with Crippen LogP contribution in [0.1, 0.15) is 37.8 Å². The first-order chi connectivity index (χ1) is 12.8. The van der Waals surface area contributed by atoms with Gasteiger partial charge in [0.05, 0.1) is 11.7 Å². The molecule has 0 unspecified atom stereocenters. The number of carbonyl (C=O) groups excluding carboxylic acids is 2. The highest BCUT2D eigenvalue weighted by Gasteiger charge is 2.31. The Bertz CT molecular complexity index is 783. The van der Waals surface area contributed by atoms with Gasteiger partial charge in [0.2, 0.25) is 10.0 Å². The summed E-state index contributed by atoms with van der Waals surface area (Å²) in [4.78, 5) is 24.4. The van der Waals surface area contributed by atoms with E-state index in [2.05, 4.69) is 5.32 Å². The van der Waals surface area contributed by atoms with Crippen molar-refractivity contribution in [3.63, 3.8) is 0 Å². The molecule has 150 valence electrons. The Morgan fingerprint density at radius 3 is 2.48 bits per heavy atom. The van der Waals surface area contributed by atoms with Crippen molar-refractivity contribution < 1.29 is 22.7 Å². The summed E-state index contributed by atoms with van der Waals surface area (Å²) >= 11 is 0. The van der Waals surface area contributed by atoms with Crippen molar-refractivity contribution in [3.8, 4) is 0 Å². The van der Waals surface area contributed by atoms with Crippen LogP contribution in [-0.4, -0.2) is 50.0 Å². The summed E-state index contributed by atoms with van der Waals surface area (Å²) in [5.74, 6) is -1.13. The van der Waals surface area contributed by atoms with E-state index in [9.17, 15) is 18.0 Å². The second kappa shape index (κ2) is 9.32. The number of carbonyl (C=O) groups is 2. The first-order valence-corrected chi connectivity index (χ1v) is 10.9. The van der Waals surface area contributed by atoms with Crippen molar-refractivity contribution >= 4 is 27.6 Å². The lowest BCUT2D eigenvalue weighted by Crippen LogP contribution is -2.41. The van der Waals surface area contributed by atoms with E-state index in [0.717, 1.165) is 23.2 Å². The molecule has 1 saturated heterocycles. The molecule has 0 atom stereocenters. The maximum absolute atomic E-state index is 12.2. The number of hydrogen-bond acceptors (Lipinski definition) is 5. The van der Waals surface area contributed by atoms with Crippen LogP contribution >= 0.6 is 0 Å². The molecule has 0 bridgehead atoms. The number of rotatable bonds is 7. The number of sulfonamides is 1. The first-order valence-electron chi connectivity index (χ1n) is 9.31. The molecule has 0 radical (unpaired) electrons. The molecule has 1 aliphatic rings. The highest BCUT2D eigenvalue weighted by molar-refractivity contribution is 7.89. The van der Waals surface area contributed by atoms with Crippen LogP contribution in [0.15, 0.2) is 18.2 Å². The van der Waals surface area contributed by atoms with Gasteiger partial charge in [-0.2, -0.15) is 0 Å². The average Bonchev–Trinajstić information content (AvgIpc) is 2.67. The molecule has 0 aromatic heterocycles. The van der Waals surface area contributed by atoms with Crippen molar-refractivity contribution in [1.82, 2.24) is 4.31 Å². The molecule has 0 aliphatic carbocycles. The van der Waals surface area contributed by atoms with E-state index in [-0.39, 0.29) is 24.2 Å². The summed E-state index contributed by atoms with van der Waals surface area (Å²) in [6, 6.07) is 5.81. The SMILES string of the molecule is CCc1cccc(C)c1NC(=O)COC(=O)C1CCN(S(=O)(=O)CC)CC1. The maximum atomic E-state index is 12.2. The van der Waals surface area contributed by atoms with E-state index in [0.29, 0.717) is 25.9 Å². The largest absolute Gasteiger partial charge is 0.455 e.